The van der Waals surface area contributed by atoms with Crippen LogP contribution in [-0.2, 0) is 0 Å². The molecule has 0 radical (unpaired) electrons. The maximum absolute atomic E-state index is 5.86. The smallest absolute Gasteiger partial charge is 0.00482 e. The molecule has 3 N–H and O–H groups in total. The molecule has 0 aromatic heterocycles. The molecule has 2 aliphatic carbocycles. The highest BCUT2D eigenvalue weighted by molar-refractivity contribution is 4.92. The number of nitrogens with two attached hydrogens (primary N) is 1. The van der Waals surface area contributed by atoms with Gasteiger partial charge in [-0.25, -0.2) is 0 Å². The fourth-order valence-electron chi connectivity index (χ4n) is 2.43. The van der Waals surface area contributed by atoms with Crippen LogP contribution in [-0.4, -0.2) is 19.1 Å². The number of nitrogens with one attached hydrogen (secondary N) is 1. The Balaban J connectivity index is 1.63. The van der Waals surface area contributed by atoms with Gasteiger partial charge in [-0.05, 0) is 69.4 Å². The van der Waals surface area contributed by atoms with E-state index in [-0.39, 0.29) is 0 Å². The highest BCUT2D eigenvalue weighted by atomic mass is 14.9. The van der Waals surface area contributed by atoms with E-state index < -0.39 is 0 Å². The third-order valence-corrected chi connectivity index (χ3v) is 4.20. The minimum atomic E-state index is 0.317. The van der Waals surface area contributed by atoms with Crippen LogP contribution < -0.4 is 11.1 Å². The van der Waals surface area contributed by atoms with E-state index >= 15 is 0 Å². The molecule has 0 heterocycles. The van der Waals surface area contributed by atoms with Gasteiger partial charge in [0.15, 0.2) is 0 Å². The summed E-state index contributed by atoms with van der Waals surface area (Å²) in [7, 11) is 0. The first-order chi connectivity index (χ1) is 7.18. The molecule has 88 valence electrons. The molecule has 0 spiro atoms. The summed E-state index contributed by atoms with van der Waals surface area (Å²) in [6.45, 7) is 6.67. The third-order valence-electron chi connectivity index (χ3n) is 4.20. The Bertz CT molecular complexity index is 183. The van der Waals surface area contributed by atoms with Gasteiger partial charge in [-0.1, -0.05) is 6.92 Å². The Kier molecular flexibility index (Phi) is 3.68. The Labute approximate surface area is 94.0 Å². The van der Waals surface area contributed by atoms with Crippen LogP contribution in [0.25, 0.3) is 0 Å². The van der Waals surface area contributed by atoms with Crippen LogP contribution in [0.3, 0.4) is 0 Å². The summed E-state index contributed by atoms with van der Waals surface area (Å²) in [6.07, 6.45) is 5.97. The topological polar surface area (TPSA) is 38.0 Å². The van der Waals surface area contributed by atoms with Crippen molar-refractivity contribution in [1.82, 2.24) is 5.32 Å². The summed E-state index contributed by atoms with van der Waals surface area (Å²) >= 11 is 0. The summed E-state index contributed by atoms with van der Waals surface area (Å²) in [6, 6.07) is 0.317. The van der Waals surface area contributed by atoms with Crippen molar-refractivity contribution in [1.29, 1.82) is 0 Å². The molecule has 2 nitrogen and oxygen atoms in total. The molecule has 0 amide bonds. The van der Waals surface area contributed by atoms with E-state index in [0.717, 1.165) is 24.3 Å². The van der Waals surface area contributed by atoms with Crippen LogP contribution in [0.15, 0.2) is 0 Å². The summed E-state index contributed by atoms with van der Waals surface area (Å²) in [4.78, 5) is 0. The molecule has 0 aliphatic heterocycles. The number of rotatable bonds is 7. The minimum Gasteiger partial charge on any atom is -0.328 e. The zero-order valence-electron chi connectivity index (χ0n) is 10.2. The largest absolute Gasteiger partial charge is 0.328 e. The highest BCUT2D eigenvalue weighted by Gasteiger charge is 2.40. The van der Waals surface area contributed by atoms with Gasteiger partial charge >= 0.3 is 0 Å². The van der Waals surface area contributed by atoms with E-state index in [9.17, 15) is 0 Å². The van der Waals surface area contributed by atoms with Gasteiger partial charge in [0.25, 0.3) is 0 Å². The Morgan fingerprint density at radius 3 is 2.00 bits per heavy atom. The summed E-state index contributed by atoms with van der Waals surface area (Å²) in [5.74, 6) is 3.72. The van der Waals surface area contributed by atoms with Crippen molar-refractivity contribution in [2.45, 2.75) is 45.6 Å². The van der Waals surface area contributed by atoms with Gasteiger partial charge in [-0.2, -0.15) is 0 Å². The monoisotopic (exact) mass is 210 g/mol. The Morgan fingerprint density at radius 2 is 1.60 bits per heavy atom. The zero-order chi connectivity index (χ0) is 10.8. The summed E-state index contributed by atoms with van der Waals surface area (Å²) < 4.78 is 0. The van der Waals surface area contributed by atoms with Crippen LogP contribution in [0.1, 0.15) is 39.5 Å². The van der Waals surface area contributed by atoms with E-state index in [0.29, 0.717) is 12.0 Å². The Hall–Kier alpha value is -0.0800. The molecular weight excluding hydrogens is 184 g/mol. The van der Waals surface area contributed by atoms with Crippen LogP contribution in [0.2, 0.25) is 0 Å². The van der Waals surface area contributed by atoms with Crippen LogP contribution >= 0.6 is 0 Å². The maximum Gasteiger partial charge on any atom is 0.00482 e. The fourth-order valence-corrected chi connectivity index (χ4v) is 2.43. The molecule has 15 heavy (non-hydrogen) atoms. The minimum absolute atomic E-state index is 0.317. The Morgan fingerprint density at radius 1 is 1.07 bits per heavy atom. The van der Waals surface area contributed by atoms with Crippen molar-refractivity contribution in [2.24, 2.45) is 29.4 Å². The second-order valence-corrected chi connectivity index (χ2v) is 5.83. The van der Waals surface area contributed by atoms with Gasteiger partial charge in [0.1, 0.15) is 0 Å². The second-order valence-electron chi connectivity index (χ2n) is 5.83. The van der Waals surface area contributed by atoms with Gasteiger partial charge in [-0.15, -0.1) is 0 Å². The quantitative estimate of drug-likeness (QED) is 0.674. The molecule has 2 fully saturated rings. The van der Waals surface area contributed by atoms with E-state index in [1.165, 1.54) is 32.2 Å². The first-order valence-corrected chi connectivity index (χ1v) is 6.64. The van der Waals surface area contributed by atoms with Gasteiger partial charge in [-0.3, -0.25) is 0 Å². The van der Waals surface area contributed by atoms with Crippen LogP contribution in [0.4, 0.5) is 0 Å². The molecule has 0 saturated heterocycles. The normalized spacial score (nSPS) is 25.6. The van der Waals surface area contributed by atoms with Gasteiger partial charge in [0.05, 0.1) is 0 Å². The molecule has 2 rings (SSSR count). The fraction of sp³-hybridized carbons (Fsp3) is 1.00. The predicted octanol–water partition coefficient (Wildman–Crippen LogP) is 2.00. The second kappa shape index (κ2) is 4.84. The number of hydrogen-bond donors (Lipinski definition) is 2. The van der Waals surface area contributed by atoms with Gasteiger partial charge in [0.2, 0.25) is 0 Å². The standard InChI is InChI=1S/C13H26N2/c1-9(10(2)14)7-15-8-13(11-3-4-11)12-5-6-12/h9-13,15H,3-8,14H2,1-2H3. The first-order valence-electron chi connectivity index (χ1n) is 6.64. The molecular formula is C13H26N2. The lowest BCUT2D eigenvalue weighted by Crippen LogP contribution is -2.35. The molecule has 2 heteroatoms. The van der Waals surface area contributed by atoms with Crippen LogP contribution in [0, 0.1) is 23.7 Å². The number of hydrogen-bond acceptors (Lipinski definition) is 2. The summed E-state index contributed by atoms with van der Waals surface area (Å²) in [5.41, 5.74) is 5.86. The third kappa shape index (κ3) is 3.46. The average molecular weight is 210 g/mol. The van der Waals surface area contributed by atoms with Crippen molar-refractivity contribution in [2.75, 3.05) is 13.1 Å². The van der Waals surface area contributed by atoms with Crippen molar-refractivity contribution in [3.05, 3.63) is 0 Å². The zero-order valence-corrected chi connectivity index (χ0v) is 10.2. The van der Waals surface area contributed by atoms with E-state index in [1.807, 2.05) is 0 Å². The van der Waals surface area contributed by atoms with E-state index in [4.69, 9.17) is 5.73 Å². The van der Waals surface area contributed by atoms with Gasteiger partial charge < -0.3 is 11.1 Å². The molecule has 2 unspecified atom stereocenters. The van der Waals surface area contributed by atoms with Crippen LogP contribution in [0.5, 0.6) is 0 Å². The molecule has 0 aromatic rings. The lowest BCUT2D eigenvalue weighted by atomic mass is 9.97. The lowest BCUT2D eigenvalue weighted by Gasteiger charge is -2.20. The van der Waals surface area contributed by atoms with E-state index in [2.05, 4.69) is 19.2 Å². The predicted molar refractivity (Wildman–Crippen MR) is 64.6 cm³/mol. The molecule has 2 atom stereocenters. The van der Waals surface area contributed by atoms with Gasteiger partial charge in [0, 0.05) is 6.04 Å². The maximum atomic E-state index is 5.86. The van der Waals surface area contributed by atoms with Crippen molar-refractivity contribution < 1.29 is 0 Å². The van der Waals surface area contributed by atoms with Crippen molar-refractivity contribution in [3.8, 4) is 0 Å². The van der Waals surface area contributed by atoms with Crippen molar-refractivity contribution >= 4 is 0 Å². The molecule has 2 saturated carbocycles. The van der Waals surface area contributed by atoms with Crippen molar-refractivity contribution in [3.63, 3.8) is 0 Å². The molecule has 2 aliphatic rings. The highest BCUT2D eigenvalue weighted by Crippen LogP contribution is 2.48. The molecule has 0 aromatic carbocycles. The average Bonchev–Trinajstić information content (AvgIpc) is 3.01. The first kappa shape index (κ1) is 11.4. The molecule has 0 bridgehead atoms. The van der Waals surface area contributed by atoms with E-state index in [1.54, 1.807) is 0 Å². The summed E-state index contributed by atoms with van der Waals surface area (Å²) in [5, 5.41) is 3.63. The lowest BCUT2D eigenvalue weighted by molar-refractivity contribution is 0.354. The SMILES string of the molecule is CC(N)C(C)CNCC(C1CC1)C1CC1.